The molecule has 0 fully saturated rings. The zero-order chi connectivity index (χ0) is 15.2. The second kappa shape index (κ2) is 7.43. The number of ether oxygens (including phenoxy) is 1. The molecular weight excluding hydrogens is 264 g/mol. The summed E-state index contributed by atoms with van der Waals surface area (Å²) >= 11 is 0. The van der Waals surface area contributed by atoms with Crippen LogP contribution >= 0.6 is 0 Å². The first kappa shape index (κ1) is 16.7. The number of hydrogen-bond acceptors (Lipinski definition) is 2. The average molecular weight is 290 g/mol. The van der Waals surface area contributed by atoms with Crippen LogP contribution < -0.4 is 5.19 Å². The molecule has 2 nitrogen and oxygen atoms in total. The van der Waals surface area contributed by atoms with E-state index in [0.29, 0.717) is 18.6 Å². The number of rotatable bonds is 7. The van der Waals surface area contributed by atoms with Crippen LogP contribution in [0.1, 0.15) is 20.3 Å². The van der Waals surface area contributed by atoms with Gasteiger partial charge in [0.25, 0.3) is 0 Å². The zero-order valence-electron chi connectivity index (χ0n) is 13.1. The maximum absolute atomic E-state index is 12.2. The largest absolute Gasteiger partial charge is 0.466 e. The van der Waals surface area contributed by atoms with E-state index < -0.39 is 8.07 Å². The molecule has 0 aliphatic rings. The molecule has 0 heterocycles. The van der Waals surface area contributed by atoms with Crippen LogP contribution in [0.2, 0.25) is 18.6 Å². The third kappa shape index (κ3) is 3.82. The minimum absolute atomic E-state index is 0.0867. The van der Waals surface area contributed by atoms with Crippen LogP contribution in [0.5, 0.6) is 0 Å². The molecule has 0 aliphatic heterocycles. The van der Waals surface area contributed by atoms with Gasteiger partial charge in [-0.3, -0.25) is 4.79 Å². The maximum Gasteiger partial charge on any atom is 0.309 e. The van der Waals surface area contributed by atoms with Crippen molar-refractivity contribution in [2.24, 2.45) is 5.92 Å². The molecule has 110 valence electrons. The van der Waals surface area contributed by atoms with Gasteiger partial charge in [-0.25, -0.2) is 0 Å². The molecule has 0 aliphatic carbocycles. The highest BCUT2D eigenvalue weighted by Gasteiger charge is 2.38. The van der Waals surface area contributed by atoms with E-state index in [9.17, 15) is 4.79 Å². The van der Waals surface area contributed by atoms with Crippen molar-refractivity contribution in [3.8, 4) is 0 Å². The van der Waals surface area contributed by atoms with Crippen molar-refractivity contribution in [1.29, 1.82) is 0 Å². The van der Waals surface area contributed by atoms with E-state index in [2.05, 4.69) is 50.9 Å². The Bertz CT molecular complexity index is 440. The van der Waals surface area contributed by atoms with Crippen molar-refractivity contribution >= 4 is 19.2 Å². The first-order chi connectivity index (χ1) is 9.45. The minimum Gasteiger partial charge on any atom is -0.466 e. The highest BCUT2D eigenvalue weighted by molar-refractivity contribution is 6.91. The van der Waals surface area contributed by atoms with Crippen molar-refractivity contribution in [2.75, 3.05) is 6.61 Å². The molecule has 0 saturated carbocycles. The smallest absolute Gasteiger partial charge is 0.309 e. The van der Waals surface area contributed by atoms with Gasteiger partial charge in [0.2, 0.25) is 0 Å². The number of carbonyl (C=O) groups is 1. The molecule has 0 radical (unpaired) electrons. The summed E-state index contributed by atoms with van der Waals surface area (Å²) in [6.45, 7) is 12.9. The Hall–Kier alpha value is -1.35. The Kier molecular flexibility index (Phi) is 6.21. The Morgan fingerprint density at radius 2 is 1.95 bits per heavy atom. The Balaban J connectivity index is 3.01. The number of allylic oxidation sites excluding steroid dienone is 1. The second-order valence-electron chi connectivity index (χ2n) is 5.76. The van der Waals surface area contributed by atoms with Gasteiger partial charge < -0.3 is 4.74 Å². The highest BCUT2D eigenvalue weighted by Crippen LogP contribution is 2.32. The minimum atomic E-state index is -1.72. The molecule has 1 aromatic carbocycles. The molecular formula is C17H26O2Si. The molecule has 20 heavy (non-hydrogen) atoms. The van der Waals surface area contributed by atoms with Crippen LogP contribution in [0.25, 0.3) is 0 Å². The second-order valence-corrected chi connectivity index (χ2v) is 10.7. The summed E-state index contributed by atoms with van der Waals surface area (Å²) in [6.07, 6.45) is 2.51. The normalized spacial score (nSPS) is 14.4. The van der Waals surface area contributed by atoms with Crippen LogP contribution in [-0.4, -0.2) is 20.7 Å². The van der Waals surface area contributed by atoms with E-state index in [1.54, 1.807) is 0 Å². The van der Waals surface area contributed by atoms with Crippen LogP contribution in [0.3, 0.4) is 0 Å². The molecule has 0 amide bonds. The van der Waals surface area contributed by atoms with Gasteiger partial charge in [-0.1, -0.05) is 61.6 Å². The van der Waals surface area contributed by atoms with Crippen molar-refractivity contribution in [3.05, 3.63) is 43.0 Å². The van der Waals surface area contributed by atoms with E-state index in [1.807, 2.05) is 19.1 Å². The Morgan fingerprint density at radius 1 is 1.35 bits per heavy atom. The molecule has 0 bridgehead atoms. The van der Waals surface area contributed by atoms with E-state index >= 15 is 0 Å². The van der Waals surface area contributed by atoms with Gasteiger partial charge in [-0.05, 0) is 18.9 Å². The van der Waals surface area contributed by atoms with Gasteiger partial charge >= 0.3 is 5.97 Å². The fourth-order valence-electron chi connectivity index (χ4n) is 2.57. The zero-order valence-corrected chi connectivity index (χ0v) is 14.1. The van der Waals surface area contributed by atoms with Gasteiger partial charge in [0.05, 0.1) is 20.6 Å². The quantitative estimate of drug-likeness (QED) is 0.434. The van der Waals surface area contributed by atoms with Crippen LogP contribution in [0.15, 0.2) is 43.0 Å². The summed E-state index contributed by atoms with van der Waals surface area (Å²) < 4.78 is 5.24. The topological polar surface area (TPSA) is 26.3 Å². The van der Waals surface area contributed by atoms with Crippen molar-refractivity contribution < 1.29 is 9.53 Å². The lowest BCUT2D eigenvalue weighted by Crippen LogP contribution is -2.48. The summed E-state index contributed by atoms with van der Waals surface area (Å²) in [7, 11) is -1.72. The predicted molar refractivity (Wildman–Crippen MR) is 87.9 cm³/mol. The van der Waals surface area contributed by atoms with Gasteiger partial charge in [-0.15, -0.1) is 6.58 Å². The fourth-order valence-corrected chi connectivity index (χ4v) is 5.42. The van der Waals surface area contributed by atoms with Gasteiger partial charge in [-0.2, -0.15) is 0 Å². The molecule has 0 saturated heterocycles. The monoisotopic (exact) mass is 290 g/mol. The van der Waals surface area contributed by atoms with Crippen LogP contribution in [0, 0.1) is 5.92 Å². The molecule has 0 aromatic heterocycles. The number of benzene rings is 1. The number of carbonyl (C=O) groups excluding carboxylic acids is 1. The van der Waals surface area contributed by atoms with Gasteiger partial charge in [0, 0.05) is 0 Å². The van der Waals surface area contributed by atoms with E-state index in [-0.39, 0.29) is 11.9 Å². The molecule has 1 rings (SSSR count). The molecule has 1 aromatic rings. The van der Waals surface area contributed by atoms with Gasteiger partial charge in [0.1, 0.15) is 0 Å². The van der Waals surface area contributed by atoms with E-state index in [4.69, 9.17) is 4.74 Å². The molecule has 0 spiro atoms. The predicted octanol–water partition coefficient (Wildman–Crippen LogP) is 3.75. The summed E-state index contributed by atoms with van der Waals surface area (Å²) in [5.74, 6) is -0.175. The lowest BCUT2D eigenvalue weighted by atomic mass is 10.0. The Labute approximate surface area is 123 Å². The maximum atomic E-state index is 12.2. The molecule has 0 N–H and O–H groups in total. The SMILES string of the molecule is C=CC[C@H](C(=O)OCC)[C@H](C)[Si](C)(C)c1ccccc1. The average Bonchev–Trinajstić information content (AvgIpc) is 2.45. The highest BCUT2D eigenvalue weighted by atomic mass is 28.3. The van der Waals surface area contributed by atoms with Crippen molar-refractivity contribution in [1.82, 2.24) is 0 Å². The molecule has 2 atom stereocenters. The van der Waals surface area contributed by atoms with E-state index in [1.165, 1.54) is 5.19 Å². The molecule has 0 unspecified atom stereocenters. The first-order valence-electron chi connectivity index (χ1n) is 7.28. The summed E-state index contributed by atoms with van der Waals surface area (Å²) in [6, 6.07) is 10.5. The lowest BCUT2D eigenvalue weighted by molar-refractivity contribution is -0.148. The lowest BCUT2D eigenvalue weighted by Gasteiger charge is -2.34. The number of hydrogen-bond donors (Lipinski definition) is 0. The third-order valence-corrected chi connectivity index (χ3v) is 8.77. The van der Waals surface area contributed by atoms with Crippen LogP contribution in [-0.2, 0) is 9.53 Å². The van der Waals surface area contributed by atoms with Crippen molar-refractivity contribution in [2.45, 2.75) is 38.9 Å². The first-order valence-corrected chi connectivity index (χ1v) is 10.4. The summed E-state index contributed by atoms with van der Waals surface area (Å²) in [5.41, 5.74) is 0.307. The third-order valence-electron chi connectivity index (χ3n) is 4.27. The van der Waals surface area contributed by atoms with E-state index in [0.717, 1.165) is 0 Å². The fraction of sp³-hybridized carbons (Fsp3) is 0.471. The Morgan fingerprint density at radius 3 is 2.45 bits per heavy atom. The summed E-state index contributed by atoms with van der Waals surface area (Å²) in [5, 5.41) is 1.38. The van der Waals surface area contributed by atoms with Gasteiger partial charge in [0.15, 0.2) is 0 Å². The van der Waals surface area contributed by atoms with Crippen molar-refractivity contribution in [3.63, 3.8) is 0 Å². The molecule has 3 heteroatoms. The summed E-state index contributed by atoms with van der Waals surface area (Å²) in [4.78, 5) is 12.2. The van der Waals surface area contributed by atoms with Crippen LogP contribution in [0.4, 0.5) is 0 Å². The number of esters is 1. The standard InChI is InChI=1S/C17H26O2Si/c1-6-11-16(17(18)19-7-2)14(3)20(4,5)15-12-9-8-10-13-15/h6,8-10,12-14,16H,1,7,11H2,2-5H3/t14-,16-/m0/s1.